The Bertz CT molecular complexity index is 487. The molecular weight excluding hydrogens is 258 g/mol. The summed E-state index contributed by atoms with van der Waals surface area (Å²) >= 11 is 0. The summed E-state index contributed by atoms with van der Waals surface area (Å²) in [6.45, 7) is 1.86. The number of amides is 2. The number of hydrogen-bond donors (Lipinski definition) is 3. The van der Waals surface area contributed by atoms with Crippen LogP contribution in [0, 0.1) is 0 Å². The molecule has 1 atom stereocenters. The third-order valence-corrected chi connectivity index (χ3v) is 3.29. The van der Waals surface area contributed by atoms with Gasteiger partial charge in [-0.3, -0.25) is 4.79 Å². The van der Waals surface area contributed by atoms with E-state index >= 15 is 0 Å². The minimum atomic E-state index is -0.867. The van der Waals surface area contributed by atoms with Crippen LogP contribution in [0.3, 0.4) is 0 Å². The molecule has 1 aliphatic heterocycles. The molecule has 20 heavy (non-hydrogen) atoms. The van der Waals surface area contributed by atoms with Crippen molar-refractivity contribution in [2.24, 2.45) is 0 Å². The average molecular weight is 277 g/mol. The Balaban J connectivity index is 1.83. The van der Waals surface area contributed by atoms with Crippen LogP contribution >= 0.6 is 0 Å². The molecule has 0 saturated carbocycles. The predicted octanol–water partition coefficient (Wildman–Crippen LogP) is 1.14. The van der Waals surface area contributed by atoms with Crippen molar-refractivity contribution in [2.75, 3.05) is 25.5 Å². The number of nitrogens with one attached hydrogen (secondary N) is 2. The maximum atomic E-state index is 11.8. The molecule has 1 aromatic carbocycles. The van der Waals surface area contributed by atoms with Crippen molar-refractivity contribution < 1.29 is 14.7 Å². The van der Waals surface area contributed by atoms with Gasteiger partial charge in [0.25, 0.3) is 0 Å². The van der Waals surface area contributed by atoms with E-state index in [0.29, 0.717) is 11.3 Å². The molecule has 1 aromatic rings. The smallest absolute Gasteiger partial charge is 0.319 e. The predicted molar refractivity (Wildman–Crippen MR) is 75.8 cm³/mol. The van der Waals surface area contributed by atoms with Crippen molar-refractivity contribution in [1.82, 2.24) is 10.2 Å². The average Bonchev–Trinajstić information content (AvgIpc) is 2.76. The number of likely N-dealkylation sites (tertiary alicyclic amines) is 1. The number of aliphatic carboxylic acids is 1. The number of anilines is 1. The highest BCUT2D eigenvalue weighted by molar-refractivity contribution is 5.89. The Labute approximate surface area is 117 Å². The summed E-state index contributed by atoms with van der Waals surface area (Å²) in [4.78, 5) is 24.5. The number of carbonyl (C=O) groups is 2. The summed E-state index contributed by atoms with van der Waals surface area (Å²) in [5.41, 5.74) is 1.36. The molecule has 3 N–H and O–H groups in total. The van der Waals surface area contributed by atoms with Gasteiger partial charge in [-0.15, -0.1) is 0 Å². The number of carbonyl (C=O) groups excluding carboxylic acids is 1. The molecule has 6 heteroatoms. The molecule has 0 radical (unpaired) electrons. The number of carboxylic acids is 1. The Hall–Kier alpha value is -2.08. The number of urea groups is 1. The largest absolute Gasteiger partial charge is 0.481 e. The molecule has 0 spiro atoms. The molecule has 2 rings (SSSR count). The fraction of sp³-hybridized carbons (Fsp3) is 0.429. The van der Waals surface area contributed by atoms with Crippen molar-refractivity contribution in [3.8, 4) is 0 Å². The van der Waals surface area contributed by atoms with E-state index in [2.05, 4.69) is 15.5 Å². The van der Waals surface area contributed by atoms with Crippen molar-refractivity contribution in [1.29, 1.82) is 0 Å². The molecular formula is C14H19N3O3. The van der Waals surface area contributed by atoms with Crippen LogP contribution in [-0.2, 0) is 11.2 Å². The fourth-order valence-corrected chi connectivity index (χ4v) is 2.29. The normalized spacial score (nSPS) is 18.8. The van der Waals surface area contributed by atoms with E-state index in [0.717, 1.165) is 19.5 Å². The SMILES string of the molecule is CN1CCC(NC(=O)Nc2ccc(CC(=O)O)cc2)C1. The molecule has 1 saturated heterocycles. The van der Waals surface area contributed by atoms with Crippen molar-refractivity contribution in [3.63, 3.8) is 0 Å². The Kier molecular flexibility index (Phi) is 4.57. The van der Waals surface area contributed by atoms with Gasteiger partial charge in [-0.1, -0.05) is 12.1 Å². The van der Waals surface area contributed by atoms with Crippen LogP contribution in [0.4, 0.5) is 10.5 Å². The lowest BCUT2D eigenvalue weighted by molar-refractivity contribution is -0.136. The van der Waals surface area contributed by atoms with Gasteiger partial charge in [0, 0.05) is 18.3 Å². The number of hydrogen-bond acceptors (Lipinski definition) is 3. The lowest BCUT2D eigenvalue weighted by Crippen LogP contribution is -2.39. The van der Waals surface area contributed by atoms with Crippen LogP contribution in [0.25, 0.3) is 0 Å². The maximum absolute atomic E-state index is 11.8. The van der Waals surface area contributed by atoms with E-state index in [1.54, 1.807) is 24.3 Å². The van der Waals surface area contributed by atoms with Gasteiger partial charge in [0.2, 0.25) is 0 Å². The lowest BCUT2D eigenvalue weighted by Gasteiger charge is -2.13. The zero-order valence-electron chi connectivity index (χ0n) is 11.4. The van der Waals surface area contributed by atoms with Crippen LogP contribution in [0.15, 0.2) is 24.3 Å². The van der Waals surface area contributed by atoms with Gasteiger partial charge in [-0.05, 0) is 37.7 Å². The first kappa shape index (κ1) is 14.3. The first-order valence-electron chi connectivity index (χ1n) is 6.60. The number of carboxylic acid groups (broad SMARTS) is 1. The zero-order chi connectivity index (χ0) is 14.5. The van der Waals surface area contributed by atoms with Crippen LogP contribution in [0.2, 0.25) is 0 Å². The highest BCUT2D eigenvalue weighted by atomic mass is 16.4. The van der Waals surface area contributed by atoms with E-state index in [4.69, 9.17) is 5.11 Å². The highest BCUT2D eigenvalue weighted by Crippen LogP contribution is 2.11. The molecule has 0 aliphatic carbocycles. The highest BCUT2D eigenvalue weighted by Gasteiger charge is 2.20. The standard InChI is InChI=1S/C14H19N3O3/c1-17-7-6-12(9-17)16-14(20)15-11-4-2-10(3-5-11)8-13(18)19/h2-5,12H,6-9H2,1H3,(H,18,19)(H2,15,16,20). The molecule has 0 aromatic heterocycles. The first-order valence-corrected chi connectivity index (χ1v) is 6.60. The fourth-order valence-electron chi connectivity index (χ4n) is 2.29. The summed E-state index contributed by atoms with van der Waals surface area (Å²) in [5.74, 6) is -0.867. The number of rotatable bonds is 4. The lowest BCUT2D eigenvalue weighted by atomic mass is 10.1. The second kappa shape index (κ2) is 6.38. The second-order valence-electron chi connectivity index (χ2n) is 5.11. The van der Waals surface area contributed by atoms with Gasteiger partial charge in [-0.2, -0.15) is 0 Å². The number of likely N-dealkylation sites (N-methyl/N-ethyl adjacent to an activating group) is 1. The molecule has 1 heterocycles. The van der Waals surface area contributed by atoms with Crippen LogP contribution in [0.5, 0.6) is 0 Å². The summed E-state index contributed by atoms with van der Waals surface area (Å²) in [5, 5.41) is 14.3. The van der Waals surface area contributed by atoms with E-state index in [1.165, 1.54) is 0 Å². The zero-order valence-corrected chi connectivity index (χ0v) is 11.4. The first-order chi connectivity index (χ1) is 9.52. The molecule has 6 nitrogen and oxygen atoms in total. The Morgan fingerprint density at radius 2 is 2.05 bits per heavy atom. The third-order valence-electron chi connectivity index (χ3n) is 3.29. The topological polar surface area (TPSA) is 81.7 Å². The van der Waals surface area contributed by atoms with Gasteiger partial charge in [0.05, 0.1) is 6.42 Å². The van der Waals surface area contributed by atoms with Crippen molar-refractivity contribution in [2.45, 2.75) is 18.9 Å². The monoisotopic (exact) mass is 277 g/mol. The van der Waals surface area contributed by atoms with Crippen LogP contribution in [-0.4, -0.2) is 48.2 Å². The molecule has 1 aliphatic rings. The third kappa shape index (κ3) is 4.24. The summed E-state index contributed by atoms with van der Waals surface area (Å²) < 4.78 is 0. The molecule has 0 bridgehead atoms. The van der Waals surface area contributed by atoms with Gasteiger partial charge >= 0.3 is 12.0 Å². The Morgan fingerprint density at radius 1 is 1.35 bits per heavy atom. The summed E-state index contributed by atoms with van der Waals surface area (Å²) in [6.07, 6.45) is 0.947. The van der Waals surface area contributed by atoms with Gasteiger partial charge in [0.15, 0.2) is 0 Å². The second-order valence-corrected chi connectivity index (χ2v) is 5.11. The number of nitrogens with zero attached hydrogens (tertiary/aromatic N) is 1. The van der Waals surface area contributed by atoms with Gasteiger partial charge in [0.1, 0.15) is 0 Å². The quantitative estimate of drug-likeness (QED) is 0.771. The van der Waals surface area contributed by atoms with E-state index in [9.17, 15) is 9.59 Å². The Morgan fingerprint density at radius 3 is 2.60 bits per heavy atom. The van der Waals surface area contributed by atoms with Gasteiger partial charge < -0.3 is 20.6 Å². The van der Waals surface area contributed by atoms with Crippen LogP contribution < -0.4 is 10.6 Å². The molecule has 1 unspecified atom stereocenters. The van der Waals surface area contributed by atoms with E-state index in [1.807, 2.05) is 7.05 Å². The summed E-state index contributed by atoms with van der Waals surface area (Å²) in [6, 6.07) is 6.78. The molecule has 2 amide bonds. The minimum absolute atomic E-state index is 0.0130. The van der Waals surface area contributed by atoms with E-state index in [-0.39, 0.29) is 18.5 Å². The van der Waals surface area contributed by atoms with Crippen LogP contribution in [0.1, 0.15) is 12.0 Å². The molecule has 1 fully saturated rings. The molecule has 108 valence electrons. The van der Waals surface area contributed by atoms with Gasteiger partial charge in [-0.25, -0.2) is 4.79 Å². The van der Waals surface area contributed by atoms with Crippen molar-refractivity contribution >= 4 is 17.7 Å². The maximum Gasteiger partial charge on any atom is 0.319 e. The minimum Gasteiger partial charge on any atom is -0.481 e. The number of benzene rings is 1. The summed E-state index contributed by atoms with van der Waals surface area (Å²) in [7, 11) is 2.03. The van der Waals surface area contributed by atoms with E-state index < -0.39 is 5.97 Å². The van der Waals surface area contributed by atoms with Crippen molar-refractivity contribution in [3.05, 3.63) is 29.8 Å².